The summed E-state index contributed by atoms with van der Waals surface area (Å²) in [4.78, 5) is 12.7. The summed E-state index contributed by atoms with van der Waals surface area (Å²) in [5.41, 5.74) is -1.02. The highest BCUT2D eigenvalue weighted by Crippen LogP contribution is 2.55. The summed E-state index contributed by atoms with van der Waals surface area (Å²) in [6.07, 6.45) is 3.56. The predicted molar refractivity (Wildman–Crippen MR) is 99.9 cm³/mol. The van der Waals surface area contributed by atoms with E-state index in [1.54, 1.807) is 26.0 Å². The second-order valence-corrected chi connectivity index (χ2v) is 8.14. The molecule has 0 amide bonds. The molecule has 1 saturated heterocycles. The van der Waals surface area contributed by atoms with Crippen LogP contribution in [-0.2, 0) is 16.1 Å². The average Bonchev–Trinajstić information content (AvgIpc) is 2.92. The zero-order valence-electron chi connectivity index (χ0n) is 16.3. The third-order valence-electron chi connectivity index (χ3n) is 5.77. The third kappa shape index (κ3) is 2.40. The van der Waals surface area contributed by atoms with Crippen molar-refractivity contribution in [1.82, 2.24) is 0 Å². The number of carbonyl (C=O) groups is 1. The van der Waals surface area contributed by atoms with E-state index in [-0.39, 0.29) is 24.4 Å². The maximum atomic E-state index is 12.7. The van der Waals surface area contributed by atoms with Gasteiger partial charge in [-0.1, -0.05) is 0 Å². The van der Waals surface area contributed by atoms with E-state index in [0.29, 0.717) is 22.6 Å². The standard InChI is InChI=1S/C21H24O7/c1-11-7-16-12(13(10-22)18(11)26-4)8-14-15(23)5-6-20(25)9-17(19(2,3)24)28-21(14,20)27-16/h5-8,17,22,24-25H,9-10H2,1-4H3/t17-,20+,21-/m1/s1. The van der Waals surface area contributed by atoms with Crippen LogP contribution in [0.15, 0.2) is 23.8 Å². The monoisotopic (exact) mass is 388 g/mol. The molecule has 1 aliphatic carbocycles. The SMILES string of the molecule is COc1c(C)cc2c(c1CO)C=C1C(=O)C=C[C@]3(O)C[C@H](C(C)(C)O)O[C@]13O2. The highest BCUT2D eigenvalue weighted by molar-refractivity contribution is 6.11. The molecule has 7 heteroatoms. The van der Waals surface area contributed by atoms with Crippen molar-refractivity contribution in [2.24, 2.45) is 0 Å². The molecule has 3 aliphatic rings. The summed E-state index contributed by atoms with van der Waals surface area (Å²) in [5, 5.41) is 31.7. The lowest BCUT2D eigenvalue weighted by atomic mass is 9.76. The summed E-state index contributed by atoms with van der Waals surface area (Å²) in [7, 11) is 1.51. The number of carbonyl (C=O) groups excluding carboxylic acids is 1. The van der Waals surface area contributed by atoms with Crippen LogP contribution in [0.3, 0.4) is 0 Å². The number of methoxy groups -OCH3 is 1. The Kier molecular flexibility index (Phi) is 4.04. The maximum Gasteiger partial charge on any atom is 0.274 e. The summed E-state index contributed by atoms with van der Waals surface area (Å²) in [5.74, 6) is -1.25. The molecule has 3 atom stereocenters. The van der Waals surface area contributed by atoms with Crippen LogP contribution >= 0.6 is 0 Å². The van der Waals surface area contributed by atoms with Crippen LogP contribution in [0.25, 0.3) is 6.08 Å². The van der Waals surface area contributed by atoms with Gasteiger partial charge in [0, 0.05) is 17.5 Å². The van der Waals surface area contributed by atoms with Crippen molar-refractivity contribution >= 4 is 11.9 Å². The van der Waals surface area contributed by atoms with E-state index in [1.165, 1.54) is 19.3 Å². The molecule has 0 unspecified atom stereocenters. The lowest BCUT2D eigenvalue weighted by Crippen LogP contribution is -2.59. The summed E-state index contributed by atoms with van der Waals surface area (Å²) in [6, 6.07) is 1.72. The fraction of sp³-hybridized carbons (Fsp3) is 0.476. The average molecular weight is 388 g/mol. The number of aliphatic hydroxyl groups is 3. The molecule has 1 aromatic carbocycles. The van der Waals surface area contributed by atoms with Gasteiger partial charge in [0.25, 0.3) is 5.79 Å². The van der Waals surface area contributed by atoms with Crippen LogP contribution in [0, 0.1) is 6.92 Å². The Morgan fingerprint density at radius 1 is 1.39 bits per heavy atom. The second-order valence-electron chi connectivity index (χ2n) is 8.14. The predicted octanol–water partition coefficient (Wildman–Crippen LogP) is 1.40. The fourth-order valence-corrected chi connectivity index (χ4v) is 4.26. The van der Waals surface area contributed by atoms with E-state index in [4.69, 9.17) is 14.2 Å². The van der Waals surface area contributed by atoms with E-state index in [1.807, 2.05) is 6.92 Å². The Morgan fingerprint density at radius 2 is 2.11 bits per heavy atom. The molecular formula is C21H24O7. The topological polar surface area (TPSA) is 105 Å². The van der Waals surface area contributed by atoms with Gasteiger partial charge in [0.15, 0.2) is 11.4 Å². The molecule has 0 aromatic heterocycles. The molecule has 0 bridgehead atoms. The van der Waals surface area contributed by atoms with Gasteiger partial charge in [-0.05, 0) is 50.6 Å². The van der Waals surface area contributed by atoms with Crippen molar-refractivity contribution in [3.8, 4) is 11.5 Å². The number of aryl methyl sites for hydroxylation is 1. The lowest BCUT2D eigenvalue weighted by molar-refractivity contribution is -0.225. The first-order chi connectivity index (χ1) is 13.1. The van der Waals surface area contributed by atoms with E-state index in [9.17, 15) is 20.1 Å². The lowest BCUT2D eigenvalue weighted by Gasteiger charge is -2.44. The van der Waals surface area contributed by atoms with Crippen LogP contribution in [-0.4, -0.2) is 51.3 Å². The van der Waals surface area contributed by atoms with Crippen LogP contribution < -0.4 is 9.47 Å². The van der Waals surface area contributed by atoms with Gasteiger partial charge in [0.05, 0.1) is 31.0 Å². The van der Waals surface area contributed by atoms with E-state index < -0.39 is 23.1 Å². The molecule has 2 aliphatic heterocycles. The van der Waals surface area contributed by atoms with Gasteiger partial charge in [-0.2, -0.15) is 0 Å². The number of rotatable bonds is 3. The van der Waals surface area contributed by atoms with Gasteiger partial charge >= 0.3 is 0 Å². The molecule has 2 heterocycles. The Labute approximate surface area is 162 Å². The highest BCUT2D eigenvalue weighted by Gasteiger charge is 2.68. The Morgan fingerprint density at radius 3 is 2.71 bits per heavy atom. The molecule has 4 rings (SSSR count). The number of ether oxygens (including phenoxy) is 3. The number of ketones is 1. The van der Waals surface area contributed by atoms with Crippen LogP contribution in [0.2, 0.25) is 0 Å². The van der Waals surface area contributed by atoms with Gasteiger partial charge in [0.2, 0.25) is 0 Å². The van der Waals surface area contributed by atoms with Crippen molar-refractivity contribution in [2.45, 2.75) is 56.9 Å². The number of fused-ring (bicyclic) bond motifs is 1. The van der Waals surface area contributed by atoms with Gasteiger partial charge in [0.1, 0.15) is 11.5 Å². The molecule has 7 nitrogen and oxygen atoms in total. The zero-order chi connectivity index (χ0) is 20.5. The van der Waals surface area contributed by atoms with Gasteiger partial charge in [-0.3, -0.25) is 4.79 Å². The van der Waals surface area contributed by atoms with Crippen molar-refractivity contribution in [3.05, 3.63) is 40.5 Å². The molecule has 1 spiro atoms. The number of aliphatic hydroxyl groups excluding tert-OH is 1. The number of hydrogen-bond donors (Lipinski definition) is 3. The molecule has 0 radical (unpaired) electrons. The minimum Gasteiger partial charge on any atom is -0.496 e. The maximum absolute atomic E-state index is 12.7. The molecule has 1 fully saturated rings. The van der Waals surface area contributed by atoms with Crippen molar-refractivity contribution < 1.29 is 34.3 Å². The molecular weight excluding hydrogens is 364 g/mol. The van der Waals surface area contributed by atoms with Crippen LogP contribution in [0.5, 0.6) is 11.5 Å². The number of hydrogen-bond acceptors (Lipinski definition) is 7. The minimum absolute atomic E-state index is 0.0644. The van der Waals surface area contributed by atoms with Crippen molar-refractivity contribution in [2.75, 3.05) is 7.11 Å². The normalized spacial score (nSPS) is 30.9. The third-order valence-corrected chi connectivity index (χ3v) is 5.77. The van der Waals surface area contributed by atoms with Crippen LogP contribution in [0.1, 0.15) is 37.0 Å². The first kappa shape index (κ1) is 19.1. The smallest absolute Gasteiger partial charge is 0.274 e. The first-order valence-corrected chi connectivity index (χ1v) is 9.15. The second kappa shape index (κ2) is 5.90. The molecule has 0 saturated carbocycles. The van der Waals surface area contributed by atoms with Crippen molar-refractivity contribution in [3.63, 3.8) is 0 Å². The van der Waals surface area contributed by atoms with Crippen molar-refractivity contribution in [1.29, 1.82) is 0 Å². The highest BCUT2D eigenvalue weighted by atomic mass is 16.7. The van der Waals surface area contributed by atoms with E-state index in [0.717, 1.165) is 5.56 Å². The van der Waals surface area contributed by atoms with Gasteiger partial charge in [-0.25, -0.2) is 0 Å². The Hall–Kier alpha value is -2.19. The molecule has 150 valence electrons. The fourth-order valence-electron chi connectivity index (χ4n) is 4.26. The molecule has 1 aromatic rings. The minimum atomic E-state index is -1.76. The van der Waals surface area contributed by atoms with E-state index in [2.05, 4.69) is 0 Å². The molecule has 3 N–H and O–H groups in total. The van der Waals surface area contributed by atoms with Gasteiger partial charge < -0.3 is 29.5 Å². The summed E-state index contributed by atoms with van der Waals surface area (Å²) in [6.45, 7) is 4.67. The van der Waals surface area contributed by atoms with E-state index >= 15 is 0 Å². The number of benzene rings is 1. The molecule has 28 heavy (non-hydrogen) atoms. The summed E-state index contributed by atoms with van der Waals surface area (Å²) < 4.78 is 17.6. The number of allylic oxidation sites excluding steroid dienone is 1. The largest absolute Gasteiger partial charge is 0.496 e. The van der Waals surface area contributed by atoms with Crippen LogP contribution in [0.4, 0.5) is 0 Å². The van der Waals surface area contributed by atoms with Gasteiger partial charge in [-0.15, -0.1) is 0 Å². The quantitative estimate of drug-likeness (QED) is 0.719. The first-order valence-electron chi connectivity index (χ1n) is 9.15. The zero-order valence-corrected chi connectivity index (χ0v) is 16.3. The summed E-state index contributed by atoms with van der Waals surface area (Å²) >= 11 is 0. The Bertz CT molecular complexity index is 924. The Balaban J connectivity index is 1.95.